The van der Waals surface area contributed by atoms with E-state index >= 15 is 0 Å². The number of carbonyl (C=O) groups excluding carboxylic acids is 3. The molecule has 0 radical (unpaired) electrons. The van der Waals surface area contributed by atoms with E-state index in [-0.39, 0.29) is 37.0 Å². The van der Waals surface area contributed by atoms with Crippen LogP contribution in [-0.4, -0.2) is 78.8 Å². The summed E-state index contributed by atoms with van der Waals surface area (Å²) >= 11 is 0. The van der Waals surface area contributed by atoms with Crippen LogP contribution in [0.15, 0.2) is 24.3 Å². The van der Waals surface area contributed by atoms with Crippen molar-refractivity contribution in [2.75, 3.05) is 43.5 Å². The quantitative estimate of drug-likeness (QED) is 0.541. The molecule has 3 amide bonds. The van der Waals surface area contributed by atoms with Gasteiger partial charge in [0.05, 0.1) is 24.5 Å². The minimum Gasteiger partial charge on any atom is -0.395 e. The molecule has 3 aliphatic heterocycles. The molecule has 3 aliphatic rings. The maximum Gasteiger partial charge on any atom is 0.250 e. The van der Waals surface area contributed by atoms with Gasteiger partial charge in [-0.1, -0.05) is 0 Å². The van der Waals surface area contributed by atoms with E-state index in [0.717, 1.165) is 18.8 Å². The highest BCUT2D eigenvalue weighted by Gasteiger charge is 2.74. The van der Waals surface area contributed by atoms with E-state index in [0.29, 0.717) is 18.5 Å². The van der Waals surface area contributed by atoms with Gasteiger partial charge in [0, 0.05) is 38.1 Å². The Bertz CT molecular complexity index is 887. The van der Waals surface area contributed by atoms with E-state index in [2.05, 4.69) is 29.4 Å². The number of benzene rings is 1. The van der Waals surface area contributed by atoms with E-state index in [9.17, 15) is 19.5 Å². The fourth-order valence-corrected chi connectivity index (χ4v) is 5.82. The molecule has 3 heterocycles. The number of carbonyl (C=O) groups is 3. The van der Waals surface area contributed by atoms with Crippen molar-refractivity contribution >= 4 is 29.1 Å². The molecule has 9 heteroatoms. The van der Waals surface area contributed by atoms with Crippen LogP contribution < -0.4 is 15.5 Å². The number of nitrogens with one attached hydrogen (secondary N) is 2. The number of hydrogen-bond acceptors (Lipinski definition) is 6. The van der Waals surface area contributed by atoms with Gasteiger partial charge in [0.25, 0.3) is 0 Å². The Morgan fingerprint density at radius 1 is 1.22 bits per heavy atom. The summed E-state index contributed by atoms with van der Waals surface area (Å²) in [6, 6.07) is 6.69. The molecule has 0 aliphatic carbocycles. The molecule has 2 unspecified atom stereocenters. The topological polar surface area (TPSA) is 111 Å². The lowest BCUT2D eigenvalue weighted by Gasteiger charge is -2.33. The zero-order chi connectivity index (χ0) is 23.0. The Balaban J connectivity index is 1.60. The van der Waals surface area contributed by atoms with Crippen LogP contribution in [0.1, 0.15) is 26.7 Å². The highest BCUT2D eigenvalue weighted by molar-refractivity contribution is 6.03. The van der Waals surface area contributed by atoms with Crippen molar-refractivity contribution in [3.8, 4) is 0 Å². The van der Waals surface area contributed by atoms with Gasteiger partial charge in [-0.2, -0.15) is 0 Å². The number of fused-ring (bicyclic) bond motifs is 1. The van der Waals surface area contributed by atoms with Gasteiger partial charge >= 0.3 is 0 Å². The van der Waals surface area contributed by atoms with Gasteiger partial charge in [0.1, 0.15) is 11.6 Å². The molecule has 0 aromatic heterocycles. The number of ether oxygens (including phenoxy) is 1. The van der Waals surface area contributed by atoms with Crippen molar-refractivity contribution in [1.29, 1.82) is 0 Å². The first-order chi connectivity index (χ1) is 15.4. The summed E-state index contributed by atoms with van der Waals surface area (Å²) in [6.07, 6.45) is 0.781. The first-order valence-corrected chi connectivity index (χ1v) is 11.4. The molecule has 5 atom stereocenters. The fourth-order valence-electron chi connectivity index (χ4n) is 5.82. The zero-order valence-corrected chi connectivity index (χ0v) is 18.8. The van der Waals surface area contributed by atoms with Crippen LogP contribution in [0.25, 0.3) is 0 Å². The number of anilines is 2. The Kier molecular flexibility index (Phi) is 6.13. The molecule has 1 spiro atoms. The Morgan fingerprint density at radius 3 is 2.50 bits per heavy atom. The lowest BCUT2D eigenvalue weighted by molar-refractivity contribution is -0.141. The smallest absolute Gasteiger partial charge is 0.250 e. The van der Waals surface area contributed by atoms with E-state index in [1.807, 2.05) is 24.3 Å². The van der Waals surface area contributed by atoms with Crippen molar-refractivity contribution in [1.82, 2.24) is 10.2 Å². The molecule has 3 saturated heterocycles. The summed E-state index contributed by atoms with van der Waals surface area (Å²) in [5, 5.41) is 15.1. The molecule has 32 heavy (non-hydrogen) atoms. The summed E-state index contributed by atoms with van der Waals surface area (Å²) < 4.78 is 6.25. The first-order valence-electron chi connectivity index (χ1n) is 11.4. The van der Waals surface area contributed by atoms with Gasteiger partial charge in [-0.25, -0.2) is 0 Å². The highest BCUT2D eigenvalue weighted by atomic mass is 16.5. The summed E-state index contributed by atoms with van der Waals surface area (Å²) in [4.78, 5) is 42.9. The molecule has 174 valence electrons. The summed E-state index contributed by atoms with van der Waals surface area (Å²) in [7, 11) is 1.54. The predicted molar refractivity (Wildman–Crippen MR) is 119 cm³/mol. The third kappa shape index (κ3) is 3.34. The average molecular weight is 445 g/mol. The number of aliphatic hydroxyl groups is 1. The van der Waals surface area contributed by atoms with Crippen molar-refractivity contribution in [3.05, 3.63) is 24.3 Å². The normalized spacial score (nSPS) is 30.4. The third-order valence-electron chi connectivity index (χ3n) is 7.20. The SMILES string of the molecule is CCN(CC)c1ccc(NC(=O)C2N(CCO)C(=O)[C@@H]3[C@H](C(=O)NC)[C@@H]4CCC23O4)cc1. The monoisotopic (exact) mass is 444 g/mol. The minimum absolute atomic E-state index is 0.0184. The molecule has 3 N–H and O–H groups in total. The second-order valence-corrected chi connectivity index (χ2v) is 8.63. The van der Waals surface area contributed by atoms with Crippen LogP contribution >= 0.6 is 0 Å². The highest BCUT2D eigenvalue weighted by Crippen LogP contribution is 2.58. The van der Waals surface area contributed by atoms with E-state index in [4.69, 9.17) is 4.74 Å². The summed E-state index contributed by atoms with van der Waals surface area (Å²) in [5.41, 5.74) is 0.646. The maximum atomic E-state index is 13.5. The van der Waals surface area contributed by atoms with Gasteiger partial charge in [-0.3, -0.25) is 14.4 Å². The average Bonchev–Trinajstić information content (AvgIpc) is 3.43. The lowest BCUT2D eigenvalue weighted by atomic mass is 9.70. The van der Waals surface area contributed by atoms with Crippen molar-refractivity contribution < 1.29 is 24.2 Å². The van der Waals surface area contributed by atoms with Crippen LogP contribution in [0.4, 0.5) is 11.4 Å². The van der Waals surface area contributed by atoms with Gasteiger partial charge in [-0.15, -0.1) is 0 Å². The maximum absolute atomic E-state index is 13.5. The number of aliphatic hydroxyl groups excluding tert-OH is 1. The van der Waals surface area contributed by atoms with Gasteiger partial charge in [0.15, 0.2) is 0 Å². The van der Waals surface area contributed by atoms with Crippen molar-refractivity contribution in [2.45, 2.75) is 44.4 Å². The molecule has 2 bridgehead atoms. The van der Waals surface area contributed by atoms with Gasteiger partial charge in [-0.05, 0) is 51.0 Å². The number of nitrogens with zero attached hydrogens (tertiary/aromatic N) is 2. The Morgan fingerprint density at radius 2 is 1.91 bits per heavy atom. The van der Waals surface area contributed by atoms with Gasteiger partial charge in [0.2, 0.25) is 17.7 Å². The Labute approximate surface area is 188 Å². The molecule has 1 aromatic rings. The predicted octanol–water partition coefficient (Wildman–Crippen LogP) is 0.584. The van der Waals surface area contributed by atoms with E-state index in [1.165, 1.54) is 11.9 Å². The standard InChI is InChI=1S/C23H32N4O5/c1-4-26(5-2)15-8-6-14(7-9-15)25-21(30)19-23-11-10-16(32-23)17(20(29)24-3)18(23)22(31)27(19)12-13-28/h6-9,16-19,28H,4-5,10-13H2,1-3H3,(H,24,29)(H,25,30)/t16-,17+,18-,19?,23?/m0/s1. The fraction of sp³-hybridized carbons (Fsp3) is 0.609. The van der Waals surface area contributed by atoms with Gasteiger partial charge < -0.3 is 30.3 Å². The molecular formula is C23H32N4O5. The molecule has 3 fully saturated rings. The number of amides is 3. The summed E-state index contributed by atoms with van der Waals surface area (Å²) in [6.45, 7) is 5.69. The number of likely N-dealkylation sites (tertiary alicyclic amines) is 1. The van der Waals surface area contributed by atoms with Crippen LogP contribution in [-0.2, 0) is 19.1 Å². The van der Waals surface area contributed by atoms with Crippen molar-refractivity contribution in [2.24, 2.45) is 11.8 Å². The molecule has 4 rings (SSSR count). The van der Waals surface area contributed by atoms with E-state index in [1.54, 1.807) is 0 Å². The van der Waals surface area contributed by atoms with Crippen molar-refractivity contribution in [3.63, 3.8) is 0 Å². The number of hydrogen-bond donors (Lipinski definition) is 3. The molecular weight excluding hydrogens is 412 g/mol. The second kappa shape index (κ2) is 8.71. The lowest BCUT2D eigenvalue weighted by Crippen LogP contribution is -2.53. The molecule has 0 saturated carbocycles. The third-order valence-corrected chi connectivity index (χ3v) is 7.20. The van der Waals surface area contributed by atoms with Crippen LogP contribution in [0.3, 0.4) is 0 Å². The number of rotatable bonds is 8. The second-order valence-electron chi connectivity index (χ2n) is 8.63. The molecule has 9 nitrogen and oxygen atoms in total. The summed E-state index contributed by atoms with van der Waals surface area (Å²) in [5.74, 6) is -2.23. The van der Waals surface area contributed by atoms with E-state index < -0.39 is 23.5 Å². The zero-order valence-electron chi connectivity index (χ0n) is 18.8. The Hall–Kier alpha value is -2.65. The van der Waals surface area contributed by atoms with Crippen LogP contribution in [0, 0.1) is 11.8 Å². The van der Waals surface area contributed by atoms with Crippen LogP contribution in [0.2, 0.25) is 0 Å². The minimum atomic E-state index is -1.04. The first kappa shape index (κ1) is 22.5. The number of β-amino-alcohol motifs (C(OH)–C–C–N with tert-alkyl or cyclic N) is 1. The largest absolute Gasteiger partial charge is 0.395 e. The van der Waals surface area contributed by atoms with Crippen LogP contribution in [0.5, 0.6) is 0 Å². The molecule has 1 aromatic carbocycles.